The van der Waals surface area contributed by atoms with Gasteiger partial charge in [-0.3, -0.25) is 4.79 Å². The standard InChI is InChI=1S/C3HBr2NO/c4-2-1-6(5)3(2)7/h1H. The minimum atomic E-state index is -0.0278. The molecule has 0 saturated heterocycles. The summed E-state index contributed by atoms with van der Waals surface area (Å²) in [4.78, 5) is 10.3. The first-order valence-electron chi connectivity index (χ1n) is 1.58. The smallest absolute Gasteiger partial charge is 0.267 e. The lowest BCUT2D eigenvalue weighted by Crippen LogP contribution is -2.24. The molecule has 1 heterocycles. The lowest BCUT2D eigenvalue weighted by Gasteiger charge is -2.16. The lowest BCUT2D eigenvalue weighted by molar-refractivity contribution is -0.121. The van der Waals surface area contributed by atoms with Gasteiger partial charge >= 0.3 is 0 Å². The Morgan fingerprint density at radius 2 is 2.29 bits per heavy atom. The van der Waals surface area contributed by atoms with E-state index in [1.54, 1.807) is 6.20 Å². The molecular formula is C3HBr2NO. The highest BCUT2D eigenvalue weighted by Crippen LogP contribution is 2.23. The van der Waals surface area contributed by atoms with Crippen molar-refractivity contribution in [1.29, 1.82) is 0 Å². The molecule has 2 nitrogen and oxygen atoms in total. The van der Waals surface area contributed by atoms with Crippen molar-refractivity contribution in [2.75, 3.05) is 0 Å². The maximum absolute atomic E-state index is 10.3. The molecule has 0 spiro atoms. The van der Waals surface area contributed by atoms with Gasteiger partial charge in [0.25, 0.3) is 5.91 Å². The van der Waals surface area contributed by atoms with Crippen LogP contribution in [0.15, 0.2) is 10.7 Å². The van der Waals surface area contributed by atoms with Crippen molar-refractivity contribution in [2.45, 2.75) is 0 Å². The topological polar surface area (TPSA) is 20.3 Å². The zero-order chi connectivity index (χ0) is 5.44. The van der Waals surface area contributed by atoms with Gasteiger partial charge < -0.3 is 0 Å². The van der Waals surface area contributed by atoms with E-state index >= 15 is 0 Å². The van der Waals surface area contributed by atoms with E-state index in [9.17, 15) is 4.79 Å². The second-order valence-corrected chi connectivity index (χ2v) is 2.71. The van der Waals surface area contributed by atoms with E-state index in [2.05, 4.69) is 32.1 Å². The Morgan fingerprint density at radius 1 is 1.71 bits per heavy atom. The van der Waals surface area contributed by atoms with Gasteiger partial charge in [-0.05, 0) is 15.9 Å². The molecule has 1 aliphatic rings. The summed E-state index contributed by atoms with van der Waals surface area (Å²) in [5, 5.41) is 0. The molecule has 0 aromatic heterocycles. The molecule has 1 rings (SSSR count). The van der Waals surface area contributed by atoms with E-state index in [4.69, 9.17) is 0 Å². The van der Waals surface area contributed by atoms with Crippen LogP contribution >= 0.6 is 32.1 Å². The average Bonchev–Trinajstić information content (AvgIpc) is 1.68. The number of hydrogen-bond donors (Lipinski definition) is 0. The van der Waals surface area contributed by atoms with Crippen LogP contribution in [0.25, 0.3) is 0 Å². The SMILES string of the molecule is O=C1C(Br)=CN1Br. The number of halogens is 2. The summed E-state index contributed by atoms with van der Waals surface area (Å²) in [6, 6.07) is 0. The van der Waals surface area contributed by atoms with Gasteiger partial charge in [-0.2, -0.15) is 0 Å². The molecule has 0 aromatic carbocycles. The van der Waals surface area contributed by atoms with Crippen molar-refractivity contribution < 1.29 is 4.79 Å². The number of rotatable bonds is 0. The van der Waals surface area contributed by atoms with Gasteiger partial charge in [0.15, 0.2) is 0 Å². The molecule has 0 fully saturated rings. The number of carbonyl (C=O) groups excluding carboxylic acids is 1. The highest BCUT2D eigenvalue weighted by molar-refractivity contribution is 9.12. The monoisotopic (exact) mass is 225 g/mol. The lowest BCUT2D eigenvalue weighted by atomic mass is 10.4. The molecule has 4 heteroatoms. The predicted molar refractivity (Wildman–Crippen MR) is 32.8 cm³/mol. The van der Waals surface area contributed by atoms with Crippen molar-refractivity contribution in [2.24, 2.45) is 0 Å². The second kappa shape index (κ2) is 1.59. The molecular weight excluding hydrogens is 226 g/mol. The fourth-order valence-corrected chi connectivity index (χ4v) is 1.55. The number of carbonyl (C=O) groups is 1. The quantitative estimate of drug-likeness (QED) is 0.572. The molecule has 0 aromatic rings. The fraction of sp³-hybridized carbons (Fsp3) is 0. The van der Waals surface area contributed by atoms with Crippen LogP contribution in [-0.4, -0.2) is 9.83 Å². The van der Waals surface area contributed by atoms with Crippen LogP contribution in [0.3, 0.4) is 0 Å². The third-order valence-electron chi connectivity index (χ3n) is 0.625. The number of hydrogen-bond acceptors (Lipinski definition) is 1. The molecule has 0 saturated carbocycles. The van der Waals surface area contributed by atoms with Crippen LogP contribution in [0.1, 0.15) is 0 Å². The van der Waals surface area contributed by atoms with Gasteiger partial charge in [0, 0.05) is 6.20 Å². The highest BCUT2D eigenvalue weighted by atomic mass is 79.9. The van der Waals surface area contributed by atoms with Crippen LogP contribution in [-0.2, 0) is 4.79 Å². The molecule has 1 aliphatic heterocycles. The summed E-state index contributed by atoms with van der Waals surface area (Å²) < 4.78 is 1.95. The molecule has 0 bridgehead atoms. The Hall–Kier alpha value is 0.170. The Kier molecular flexibility index (Phi) is 1.21. The first-order chi connectivity index (χ1) is 3.22. The van der Waals surface area contributed by atoms with Crippen molar-refractivity contribution in [1.82, 2.24) is 3.93 Å². The first kappa shape index (κ1) is 5.31. The van der Waals surface area contributed by atoms with Gasteiger partial charge in [-0.1, -0.05) is 0 Å². The molecule has 0 radical (unpaired) electrons. The highest BCUT2D eigenvalue weighted by Gasteiger charge is 2.21. The largest absolute Gasteiger partial charge is 0.276 e. The summed E-state index contributed by atoms with van der Waals surface area (Å²) in [7, 11) is 0. The molecule has 0 unspecified atom stereocenters. The van der Waals surface area contributed by atoms with Crippen LogP contribution in [0, 0.1) is 0 Å². The summed E-state index contributed by atoms with van der Waals surface area (Å²) in [6.45, 7) is 0. The predicted octanol–water partition coefficient (Wildman–Crippen LogP) is 1.37. The molecule has 38 valence electrons. The van der Waals surface area contributed by atoms with E-state index in [1.165, 1.54) is 3.93 Å². The van der Waals surface area contributed by atoms with Crippen LogP contribution in [0.4, 0.5) is 0 Å². The van der Waals surface area contributed by atoms with Crippen molar-refractivity contribution in [3.63, 3.8) is 0 Å². The van der Waals surface area contributed by atoms with E-state index in [-0.39, 0.29) is 5.91 Å². The van der Waals surface area contributed by atoms with Crippen molar-refractivity contribution in [3.05, 3.63) is 10.7 Å². The van der Waals surface area contributed by atoms with Gasteiger partial charge in [0.2, 0.25) is 0 Å². The van der Waals surface area contributed by atoms with Crippen LogP contribution in [0.5, 0.6) is 0 Å². The minimum Gasteiger partial charge on any atom is -0.267 e. The van der Waals surface area contributed by atoms with Crippen LogP contribution < -0.4 is 0 Å². The maximum atomic E-state index is 10.3. The van der Waals surface area contributed by atoms with Gasteiger partial charge in [0.05, 0.1) is 16.1 Å². The Labute approximate surface area is 57.6 Å². The normalized spacial score (nSPS) is 18.9. The summed E-state index contributed by atoms with van der Waals surface area (Å²) >= 11 is 5.95. The summed E-state index contributed by atoms with van der Waals surface area (Å²) in [6.07, 6.45) is 1.64. The third-order valence-corrected chi connectivity index (χ3v) is 1.70. The van der Waals surface area contributed by atoms with Crippen LogP contribution in [0.2, 0.25) is 0 Å². The summed E-state index contributed by atoms with van der Waals surface area (Å²) in [5.74, 6) is -0.0278. The molecule has 1 amide bonds. The molecule has 7 heavy (non-hydrogen) atoms. The Bertz CT molecular complexity index is 142. The van der Waals surface area contributed by atoms with E-state index in [0.29, 0.717) is 4.48 Å². The third kappa shape index (κ3) is 0.724. The zero-order valence-electron chi connectivity index (χ0n) is 3.19. The Balaban J connectivity index is 2.75. The fourth-order valence-electron chi connectivity index (χ4n) is 0.249. The van der Waals surface area contributed by atoms with Gasteiger partial charge in [-0.15, -0.1) is 0 Å². The second-order valence-electron chi connectivity index (χ2n) is 1.09. The molecule has 0 aliphatic carbocycles. The van der Waals surface area contributed by atoms with Gasteiger partial charge in [-0.25, -0.2) is 3.93 Å². The Morgan fingerprint density at radius 3 is 2.29 bits per heavy atom. The summed E-state index contributed by atoms with van der Waals surface area (Å²) in [5.41, 5.74) is 0. The average molecular weight is 227 g/mol. The number of nitrogens with zero attached hydrogens (tertiary/aromatic N) is 1. The van der Waals surface area contributed by atoms with Crippen molar-refractivity contribution >= 4 is 38.0 Å². The zero-order valence-corrected chi connectivity index (χ0v) is 6.36. The van der Waals surface area contributed by atoms with E-state index in [1.807, 2.05) is 0 Å². The maximum Gasteiger partial charge on any atom is 0.276 e. The van der Waals surface area contributed by atoms with Crippen molar-refractivity contribution in [3.8, 4) is 0 Å². The number of amides is 1. The molecule has 0 N–H and O–H groups in total. The molecule has 0 atom stereocenters. The van der Waals surface area contributed by atoms with E-state index in [0.717, 1.165) is 0 Å². The first-order valence-corrected chi connectivity index (χ1v) is 3.08. The minimum absolute atomic E-state index is 0.0278. The van der Waals surface area contributed by atoms with Gasteiger partial charge in [0.1, 0.15) is 4.48 Å². The van der Waals surface area contributed by atoms with E-state index < -0.39 is 0 Å².